The number of nitrogens with zero attached hydrogens (tertiary/aromatic N) is 2. The summed E-state index contributed by atoms with van der Waals surface area (Å²) in [5.74, 6) is 1.68. The molecule has 0 unspecified atom stereocenters. The lowest BCUT2D eigenvalue weighted by Gasteiger charge is -2.12. The third kappa shape index (κ3) is 3.10. The standard InChI is InChI=1S/C16H19ClN2O/c1-5-6-16-18-13(9-15(17)19-16)12-7-11(3)14(20-4)8-10(12)2/h7-9H,5-6H2,1-4H3. The quantitative estimate of drug-likeness (QED) is 0.784. The van der Waals surface area contributed by atoms with Crippen LogP contribution in [0.25, 0.3) is 11.3 Å². The van der Waals surface area contributed by atoms with E-state index in [1.54, 1.807) is 7.11 Å². The first kappa shape index (κ1) is 14.8. The van der Waals surface area contributed by atoms with Crippen molar-refractivity contribution in [2.45, 2.75) is 33.6 Å². The zero-order valence-electron chi connectivity index (χ0n) is 12.3. The fourth-order valence-corrected chi connectivity index (χ4v) is 2.42. The van der Waals surface area contributed by atoms with Crippen LogP contribution in [0.4, 0.5) is 0 Å². The van der Waals surface area contributed by atoms with E-state index < -0.39 is 0 Å². The first-order chi connectivity index (χ1) is 9.55. The highest BCUT2D eigenvalue weighted by Gasteiger charge is 2.10. The maximum Gasteiger partial charge on any atom is 0.133 e. The smallest absolute Gasteiger partial charge is 0.133 e. The number of rotatable bonds is 4. The molecule has 0 aliphatic heterocycles. The molecule has 0 radical (unpaired) electrons. The fourth-order valence-electron chi connectivity index (χ4n) is 2.22. The summed E-state index contributed by atoms with van der Waals surface area (Å²) >= 11 is 6.11. The van der Waals surface area contributed by atoms with Crippen molar-refractivity contribution in [2.75, 3.05) is 7.11 Å². The highest BCUT2D eigenvalue weighted by Crippen LogP contribution is 2.30. The lowest BCUT2D eigenvalue weighted by atomic mass is 10.0. The second-order valence-electron chi connectivity index (χ2n) is 4.88. The number of methoxy groups -OCH3 is 1. The van der Waals surface area contributed by atoms with Gasteiger partial charge in [0.2, 0.25) is 0 Å². The summed E-state index contributed by atoms with van der Waals surface area (Å²) in [6, 6.07) is 5.93. The van der Waals surface area contributed by atoms with Crippen LogP contribution in [0.3, 0.4) is 0 Å². The molecular weight excluding hydrogens is 272 g/mol. The summed E-state index contributed by atoms with van der Waals surface area (Å²) in [6.45, 7) is 6.18. The van der Waals surface area contributed by atoms with Gasteiger partial charge in [0.15, 0.2) is 0 Å². The van der Waals surface area contributed by atoms with Gasteiger partial charge in [0.1, 0.15) is 16.7 Å². The fraction of sp³-hybridized carbons (Fsp3) is 0.375. The highest BCUT2D eigenvalue weighted by atomic mass is 35.5. The first-order valence-electron chi connectivity index (χ1n) is 6.74. The molecule has 1 heterocycles. The lowest BCUT2D eigenvalue weighted by molar-refractivity contribution is 0.411. The van der Waals surface area contributed by atoms with Crippen molar-refractivity contribution in [1.29, 1.82) is 0 Å². The van der Waals surface area contributed by atoms with Crippen LogP contribution in [0.1, 0.15) is 30.3 Å². The van der Waals surface area contributed by atoms with Gasteiger partial charge < -0.3 is 4.74 Å². The van der Waals surface area contributed by atoms with Gasteiger partial charge in [0, 0.05) is 18.1 Å². The molecule has 20 heavy (non-hydrogen) atoms. The van der Waals surface area contributed by atoms with Crippen molar-refractivity contribution in [2.24, 2.45) is 0 Å². The van der Waals surface area contributed by atoms with E-state index in [9.17, 15) is 0 Å². The molecule has 0 amide bonds. The molecule has 0 aliphatic carbocycles. The van der Waals surface area contributed by atoms with Gasteiger partial charge in [-0.25, -0.2) is 9.97 Å². The Morgan fingerprint density at radius 3 is 2.50 bits per heavy atom. The zero-order valence-corrected chi connectivity index (χ0v) is 13.1. The molecule has 0 bridgehead atoms. The number of hydrogen-bond donors (Lipinski definition) is 0. The van der Waals surface area contributed by atoms with E-state index in [0.717, 1.165) is 46.8 Å². The van der Waals surface area contributed by atoms with Gasteiger partial charge >= 0.3 is 0 Å². The maximum absolute atomic E-state index is 6.11. The number of hydrogen-bond acceptors (Lipinski definition) is 3. The molecule has 0 aliphatic rings. The maximum atomic E-state index is 6.11. The average Bonchev–Trinajstić information content (AvgIpc) is 2.40. The molecule has 106 valence electrons. The Balaban J connectivity index is 2.53. The van der Waals surface area contributed by atoms with Gasteiger partial charge in [0.25, 0.3) is 0 Å². The minimum absolute atomic E-state index is 0.492. The van der Waals surface area contributed by atoms with Crippen LogP contribution in [-0.4, -0.2) is 17.1 Å². The predicted octanol–water partition coefficient (Wildman–Crippen LogP) is 4.37. The highest BCUT2D eigenvalue weighted by molar-refractivity contribution is 6.29. The minimum Gasteiger partial charge on any atom is -0.496 e. The average molecular weight is 291 g/mol. The van der Waals surface area contributed by atoms with Crippen LogP contribution in [0.2, 0.25) is 5.15 Å². The van der Waals surface area contributed by atoms with Crippen molar-refractivity contribution in [3.05, 3.63) is 40.3 Å². The first-order valence-corrected chi connectivity index (χ1v) is 7.12. The van der Waals surface area contributed by atoms with E-state index in [1.165, 1.54) is 0 Å². The van der Waals surface area contributed by atoms with Crippen molar-refractivity contribution >= 4 is 11.6 Å². The number of ether oxygens (including phenoxy) is 1. The monoisotopic (exact) mass is 290 g/mol. The molecule has 0 saturated carbocycles. The molecule has 2 aromatic rings. The van der Waals surface area contributed by atoms with E-state index in [2.05, 4.69) is 23.0 Å². The van der Waals surface area contributed by atoms with Crippen LogP contribution in [0.5, 0.6) is 5.75 Å². The van der Waals surface area contributed by atoms with Gasteiger partial charge in [-0.3, -0.25) is 0 Å². The number of benzene rings is 1. The van der Waals surface area contributed by atoms with Gasteiger partial charge in [-0.15, -0.1) is 0 Å². The molecule has 2 rings (SSSR count). The summed E-state index contributed by atoms with van der Waals surface area (Å²) < 4.78 is 5.34. The Kier molecular flexibility index (Phi) is 4.61. The lowest BCUT2D eigenvalue weighted by Crippen LogP contribution is -1.99. The minimum atomic E-state index is 0.492. The van der Waals surface area contributed by atoms with E-state index >= 15 is 0 Å². The van der Waals surface area contributed by atoms with Crippen molar-refractivity contribution < 1.29 is 4.74 Å². The second kappa shape index (κ2) is 6.23. The second-order valence-corrected chi connectivity index (χ2v) is 5.27. The van der Waals surface area contributed by atoms with Crippen LogP contribution in [-0.2, 0) is 6.42 Å². The molecule has 0 spiro atoms. The molecule has 0 saturated heterocycles. The van der Waals surface area contributed by atoms with Crippen molar-refractivity contribution in [1.82, 2.24) is 9.97 Å². The SMILES string of the molecule is CCCc1nc(Cl)cc(-c2cc(C)c(OC)cc2C)n1. The molecule has 0 N–H and O–H groups in total. The van der Waals surface area contributed by atoms with E-state index in [-0.39, 0.29) is 0 Å². The van der Waals surface area contributed by atoms with Crippen molar-refractivity contribution in [3.8, 4) is 17.0 Å². The van der Waals surface area contributed by atoms with Gasteiger partial charge in [-0.2, -0.15) is 0 Å². The third-order valence-electron chi connectivity index (χ3n) is 3.23. The molecule has 1 aromatic heterocycles. The van der Waals surface area contributed by atoms with E-state index in [0.29, 0.717) is 5.15 Å². The molecular formula is C16H19ClN2O. The van der Waals surface area contributed by atoms with Gasteiger partial charge in [0.05, 0.1) is 12.8 Å². The summed E-state index contributed by atoms with van der Waals surface area (Å²) in [5, 5.41) is 0.492. The molecule has 4 heteroatoms. The number of aromatic nitrogens is 2. The van der Waals surface area contributed by atoms with Crippen LogP contribution < -0.4 is 4.74 Å². The van der Waals surface area contributed by atoms with Crippen molar-refractivity contribution in [3.63, 3.8) is 0 Å². The molecule has 3 nitrogen and oxygen atoms in total. The largest absolute Gasteiger partial charge is 0.496 e. The summed E-state index contributed by atoms with van der Waals surface area (Å²) in [5.41, 5.74) is 4.14. The van der Waals surface area contributed by atoms with Crippen LogP contribution in [0.15, 0.2) is 18.2 Å². The Morgan fingerprint density at radius 1 is 1.10 bits per heavy atom. The van der Waals surface area contributed by atoms with Gasteiger partial charge in [-0.05, 0) is 43.5 Å². The van der Waals surface area contributed by atoms with E-state index in [1.807, 2.05) is 26.0 Å². The normalized spacial score (nSPS) is 10.7. The summed E-state index contributed by atoms with van der Waals surface area (Å²) in [7, 11) is 1.68. The molecule has 0 fully saturated rings. The Morgan fingerprint density at radius 2 is 1.85 bits per heavy atom. The Hall–Kier alpha value is -1.61. The van der Waals surface area contributed by atoms with E-state index in [4.69, 9.17) is 16.3 Å². The third-order valence-corrected chi connectivity index (χ3v) is 3.43. The number of halogens is 1. The Bertz CT molecular complexity index is 626. The zero-order chi connectivity index (χ0) is 14.7. The topological polar surface area (TPSA) is 35.0 Å². The predicted molar refractivity (Wildman–Crippen MR) is 82.5 cm³/mol. The molecule has 1 aromatic carbocycles. The summed E-state index contributed by atoms with van der Waals surface area (Å²) in [4.78, 5) is 8.88. The Labute approximate surface area is 125 Å². The van der Waals surface area contributed by atoms with Crippen LogP contribution >= 0.6 is 11.6 Å². The summed E-state index contributed by atoms with van der Waals surface area (Å²) in [6.07, 6.45) is 1.84. The number of aryl methyl sites for hydroxylation is 3. The van der Waals surface area contributed by atoms with Gasteiger partial charge in [-0.1, -0.05) is 18.5 Å². The molecule has 0 atom stereocenters. The van der Waals surface area contributed by atoms with Crippen LogP contribution in [0, 0.1) is 13.8 Å².